The molecule has 120 valence electrons. The quantitative estimate of drug-likeness (QED) is 0.844. The zero-order valence-corrected chi connectivity index (χ0v) is 13.4. The maximum atomic E-state index is 12.6. The van der Waals surface area contributed by atoms with Crippen LogP contribution >= 0.6 is 11.5 Å². The molecule has 1 heterocycles. The molecule has 3 rings (SSSR count). The Morgan fingerprint density at radius 2 is 2.13 bits per heavy atom. The van der Waals surface area contributed by atoms with Gasteiger partial charge in [0.2, 0.25) is 11.8 Å². The highest BCUT2D eigenvalue weighted by molar-refractivity contribution is 7.12. The minimum Gasteiger partial charge on any atom is -0.349 e. The van der Waals surface area contributed by atoms with Gasteiger partial charge in [-0.25, -0.2) is 0 Å². The molecule has 0 bridgehead atoms. The minimum absolute atomic E-state index is 0.0594. The van der Waals surface area contributed by atoms with Gasteiger partial charge in [0.15, 0.2) is 0 Å². The van der Waals surface area contributed by atoms with Gasteiger partial charge in [-0.05, 0) is 48.6 Å². The predicted octanol–water partition coefficient (Wildman–Crippen LogP) is 2.49. The van der Waals surface area contributed by atoms with Crippen molar-refractivity contribution < 1.29 is 9.59 Å². The van der Waals surface area contributed by atoms with E-state index >= 15 is 0 Å². The average molecular weight is 330 g/mol. The monoisotopic (exact) mass is 330 g/mol. The number of hydrogen-bond donors (Lipinski definition) is 2. The zero-order valence-electron chi connectivity index (χ0n) is 12.6. The molecular formula is C16H18N4O2S. The smallest absolute Gasteiger partial charge is 0.243 e. The van der Waals surface area contributed by atoms with Crippen molar-refractivity contribution in [3.63, 3.8) is 0 Å². The summed E-state index contributed by atoms with van der Waals surface area (Å²) in [6.07, 6.45) is 4.85. The summed E-state index contributed by atoms with van der Waals surface area (Å²) in [5, 5.41) is 9.81. The summed E-state index contributed by atoms with van der Waals surface area (Å²) >= 11 is 1.30. The van der Waals surface area contributed by atoms with Crippen LogP contribution in [-0.4, -0.2) is 27.4 Å². The fraction of sp³-hybridized carbons (Fsp3) is 0.375. The summed E-state index contributed by atoms with van der Waals surface area (Å²) in [6, 6.07) is 5.40. The Morgan fingerprint density at radius 1 is 1.30 bits per heavy atom. The van der Waals surface area contributed by atoms with Crippen LogP contribution in [0.1, 0.15) is 25.7 Å². The van der Waals surface area contributed by atoms with E-state index in [1.165, 1.54) is 17.6 Å². The number of hydrogen-bond acceptors (Lipinski definition) is 5. The Kier molecular flexibility index (Phi) is 4.66. The van der Waals surface area contributed by atoms with Crippen LogP contribution in [-0.2, 0) is 9.59 Å². The van der Waals surface area contributed by atoms with E-state index in [2.05, 4.69) is 26.8 Å². The molecule has 2 N–H and O–H groups in total. The molecule has 2 aromatic rings. The van der Waals surface area contributed by atoms with Crippen molar-refractivity contribution in [2.45, 2.75) is 31.7 Å². The third kappa shape index (κ3) is 3.56. The Morgan fingerprint density at radius 3 is 2.96 bits per heavy atom. The van der Waals surface area contributed by atoms with Gasteiger partial charge in [0, 0.05) is 11.7 Å². The van der Waals surface area contributed by atoms with Crippen molar-refractivity contribution in [3.05, 3.63) is 30.9 Å². The average Bonchev–Trinajstić information content (AvgIpc) is 3.02. The minimum atomic E-state index is -0.230. The van der Waals surface area contributed by atoms with Crippen LogP contribution in [0.25, 0.3) is 10.2 Å². The van der Waals surface area contributed by atoms with Crippen molar-refractivity contribution in [2.75, 3.05) is 5.32 Å². The van der Waals surface area contributed by atoms with E-state index in [4.69, 9.17) is 0 Å². The van der Waals surface area contributed by atoms with Gasteiger partial charge in [-0.1, -0.05) is 23.9 Å². The Labute approximate surface area is 138 Å². The molecule has 2 amide bonds. The fourth-order valence-electron chi connectivity index (χ4n) is 2.95. The first-order chi connectivity index (χ1) is 11.2. The molecule has 23 heavy (non-hydrogen) atoms. The van der Waals surface area contributed by atoms with Crippen LogP contribution < -0.4 is 10.6 Å². The van der Waals surface area contributed by atoms with E-state index in [9.17, 15) is 9.59 Å². The van der Waals surface area contributed by atoms with Gasteiger partial charge in [0.05, 0.1) is 10.6 Å². The summed E-state index contributed by atoms with van der Waals surface area (Å²) in [4.78, 5) is 24.2. The molecule has 1 fully saturated rings. The van der Waals surface area contributed by atoms with Gasteiger partial charge >= 0.3 is 0 Å². The van der Waals surface area contributed by atoms with Crippen LogP contribution in [0.3, 0.4) is 0 Å². The standard InChI is InChI=1S/C16H18N4O2S/c1-2-15(21)18-12-6-4-3-5-11(12)16(22)17-10-7-8-13-14(9-10)23-20-19-13/h2,7-9,11-12H,1,3-6H2,(H,17,22)(H,18,21)/t11-,12+/m0/s1. The van der Waals surface area contributed by atoms with E-state index in [1.807, 2.05) is 18.2 Å². The number of fused-ring (bicyclic) bond motifs is 1. The number of anilines is 1. The van der Waals surface area contributed by atoms with Crippen molar-refractivity contribution in [1.29, 1.82) is 0 Å². The third-order valence-corrected chi connectivity index (χ3v) is 4.82. The Hall–Kier alpha value is -2.28. The maximum Gasteiger partial charge on any atom is 0.243 e. The SMILES string of the molecule is C=CC(=O)N[C@@H]1CCCC[C@@H]1C(=O)Nc1ccc2nnsc2c1. The van der Waals surface area contributed by atoms with E-state index in [-0.39, 0.29) is 23.8 Å². The molecule has 1 saturated carbocycles. The lowest BCUT2D eigenvalue weighted by Gasteiger charge is -2.30. The number of carbonyl (C=O) groups excluding carboxylic acids is 2. The second-order valence-electron chi connectivity index (χ2n) is 5.65. The fourth-order valence-corrected chi connectivity index (χ4v) is 3.55. The molecule has 7 heteroatoms. The summed E-state index contributed by atoms with van der Waals surface area (Å²) < 4.78 is 4.82. The van der Waals surface area contributed by atoms with E-state index < -0.39 is 0 Å². The summed E-state index contributed by atoms with van der Waals surface area (Å²) in [5.41, 5.74) is 1.55. The third-order valence-electron chi connectivity index (χ3n) is 4.13. The first-order valence-electron chi connectivity index (χ1n) is 7.63. The van der Waals surface area contributed by atoms with Crippen molar-refractivity contribution in [2.24, 2.45) is 5.92 Å². The van der Waals surface area contributed by atoms with Gasteiger partial charge in [-0.2, -0.15) is 0 Å². The second-order valence-corrected chi connectivity index (χ2v) is 6.44. The van der Waals surface area contributed by atoms with Gasteiger partial charge < -0.3 is 10.6 Å². The first kappa shape index (κ1) is 15.6. The topological polar surface area (TPSA) is 84.0 Å². The molecule has 0 unspecified atom stereocenters. The number of carbonyl (C=O) groups is 2. The van der Waals surface area contributed by atoms with Crippen LogP contribution in [0, 0.1) is 5.92 Å². The molecule has 1 aromatic heterocycles. The number of amides is 2. The molecule has 1 aliphatic carbocycles. The molecule has 0 radical (unpaired) electrons. The molecule has 6 nitrogen and oxygen atoms in total. The van der Waals surface area contributed by atoms with Crippen LogP contribution in [0.4, 0.5) is 5.69 Å². The molecule has 0 saturated heterocycles. The molecule has 1 aliphatic rings. The lowest BCUT2D eigenvalue weighted by atomic mass is 9.83. The highest BCUT2D eigenvalue weighted by atomic mass is 32.1. The number of benzene rings is 1. The summed E-state index contributed by atoms with van der Waals surface area (Å²) in [6.45, 7) is 3.46. The number of nitrogens with one attached hydrogen (secondary N) is 2. The molecule has 0 aliphatic heterocycles. The van der Waals surface area contributed by atoms with Crippen LogP contribution in [0.15, 0.2) is 30.9 Å². The molecular weight excluding hydrogens is 312 g/mol. The van der Waals surface area contributed by atoms with Crippen molar-refractivity contribution in [1.82, 2.24) is 14.9 Å². The number of rotatable bonds is 4. The van der Waals surface area contributed by atoms with Crippen molar-refractivity contribution >= 4 is 39.3 Å². The Bertz CT molecular complexity index is 743. The molecule has 1 aromatic carbocycles. The van der Waals surface area contributed by atoms with Gasteiger partial charge in [0.1, 0.15) is 5.52 Å². The van der Waals surface area contributed by atoms with Crippen LogP contribution in [0.5, 0.6) is 0 Å². The van der Waals surface area contributed by atoms with E-state index in [0.717, 1.165) is 41.6 Å². The van der Waals surface area contributed by atoms with Gasteiger partial charge in [0.25, 0.3) is 0 Å². The molecule has 2 atom stereocenters. The highest BCUT2D eigenvalue weighted by Crippen LogP contribution is 2.27. The van der Waals surface area contributed by atoms with Crippen LogP contribution in [0.2, 0.25) is 0 Å². The van der Waals surface area contributed by atoms with E-state index in [1.54, 1.807) is 0 Å². The number of nitrogens with zero attached hydrogens (tertiary/aromatic N) is 2. The lowest BCUT2D eigenvalue weighted by molar-refractivity contribution is -0.123. The zero-order chi connectivity index (χ0) is 16.2. The van der Waals surface area contributed by atoms with Gasteiger partial charge in [-0.3, -0.25) is 9.59 Å². The van der Waals surface area contributed by atoms with E-state index in [0.29, 0.717) is 0 Å². The normalized spacial score (nSPS) is 20.9. The Balaban J connectivity index is 1.71. The van der Waals surface area contributed by atoms with Gasteiger partial charge in [-0.15, -0.1) is 5.10 Å². The highest BCUT2D eigenvalue weighted by Gasteiger charge is 2.31. The predicted molar refractivity (Wildman–Crippen MR) is 90.1 cm³/mol. The number of aromatic nitrogens is 2. The summed E-state index contributed by atoms with van der Waals surface area (Å²) in [7, 11) is 0. The first-order valence-corrected chi connectivity index (χ1v) is 8.40. The largest absolute Gasteiger partial charge is 0.349 e. The second kappa shape index (κ2) is 6.87. The summed E-state index contributed by atoms with van der Waals surface area (Å²) in [5.74, 6) is -0.509. The molecule has 0 spiro atoms. The van der Waals surface area contributed by atoms with Crippen molar-refractivity contribution in [3.8, 4) is 0 Å². The maximum absolute atomic E-state index is 12.6. The lowest BCUT2D eigenvalue weighted by Crippen LogP contribution is -2.46.